The number of thioether (sulfide) groups is 1. The summed E-state index contributed by atoms with van der Waals surface area (Å²) in [6.07, 6.45) is 0. The number of nitrogens with zero attached hydrogens (tertiary/aromatic N) is 1. The fraction of sp³-hybridized carbons (Fsp3) is 0.208. The SMILES string of the molecule is COc1ccc(S(=O)(=O)N(CC(=O)NCCSCc2ccccc2Cl)c2cccc(Cl)c2)cc1. The number of ether oxygens (including phenoxy) is 1. The molecule has 0 saturated heterocycles. The number of rotatable bonds is 11. The lowest BCUT2D eigenvalue weighted by molar-refractivity contribution is -0.119. The van der Waals surface area contributed by atoms with E-state index in [2.05, 4.69) is 5.32 Å². The van der Waals surface area contributed by atoms with E-state index in [0.29, 0.717) is 33.8 Å². The van der Waals surface area contributed by atoms with Crippen LogP contribution >= 0.6 is 35.0 Å². The van der Waals surface area contributed by atoms with Crippen LogP contribution in [-0.2, 0) is 20.6 Å². The summed E-state index contributed by atoms with van der Waals surface area (Å²) in [4.78, 5) is 12.7. The third-order valence-electron chi connectivity index (χ3n) is 4.81. The number of carbonyl (C=O) groups is 1. The van der Waals surface area contributed by atoms with Gasteiger partial charge >= 0.3 is 0 Å². The number of halogens is 2. The maximum Gasteiger partial charge on any atom is 0.264 e. The molecule has 3 aromatic rings. The number of sulfonamides is 1. The largest absolute Gasteiger partial charge is 0.497 e. The van der Waals surface area contributed by atoms with Gasteiger partial charge < -0.3 is 10.1 Å². The topological polar surface area (TPSA) is 75.7 Å². The standard InChI is InChI=1S/C24H24Cl2N2O4S2/c1-32-21-9-11-22(12-10-21)34(30,31)28(20-7-4-6-19(25)15-20)16-24(29)27-13-14-33-17-18-5-2-3-8-23(18)26/h2-12,15H,13-14,16-17H2,1H3,(H,27,29). The van der Waals surface area contributed by atoms with Crippen molar-refractivity contribution in [2.45, 2.75) is 10.6 Å². The van der Waals surface area contributed by atoms with Gasteiger partial charge in [0.25, 0.3) is 10.0 Å². The molecule has 3 aromatic carbocycles. The normalized spacial score (nSPS) is 11.1. The second-order valence-corrected chi connectivity index (χ2v) is 11.0. The van der Waals surface area contributed by atoms with E-state index in [1.54, 1.807) is 42.1 Å². The summed E-state index contributed by atoms with van der Waals surface area (Å²) in [6, 6.07) is 20.0. The second-order valence-electron chi connectivity index (χ2n) is 7.16. The molecule has 180 valence electrons. The number of hydrogen-bond donors (Lipinski definition) is 1. The quantitative estimate of drug-likeness (QED) is 0.337. The number of nitrogens with one attached hydrogen (secondary N) is 1. The highest BCUT2D eigenvalue weighted by atomic mass is 35.5. The summed E-state index contributed by atoms with van der Waals surface area (Å²) in [5, 5.41) is 3.86. The van der Waals surface area contributed by atoms with Crippen molar-refractivity contribution in [3.8, 4) is 5.75 Å². The van der Waals surface area contributed by atoms with Gasteiger partial charge in [0, 0.05) is 28.1 Å². The molecule has 10 heteroatoms. The Morgan fingerprint density at radius 1 is 1.03 bits per heavy atom. The van der Waals surface area contributed by atoms with Crippen molar-refractivity contribution < 1.29 is 17.9 Å². The summed E-state index contributed by atoms with van der Waals surface area (Å²) in [7, 11) is -2.53. The van der Waals surface area contributed by atoms with Crippen LogP contribution in [0.25, 0.3) is 0 Å². The van der Waals surface area contributed by atoms with Crippen molar-refractivity contribution in [2.75, 3.05) is 30.3 Å². The molecule has 0 fully saturated rings. The molecule has 0 bridgehead atoms. The lowest BCUT2D eigenvalue weighted by atomic mass is 10.2. The Kier molecular flexibility index (Phi) is 9.53. The van der Waals surface area contributed by atoms with Gasteiger partial charge in [-0.3, -0.25) is 9.10 Å². The van der Waals surface area contributed by atoms with Crippen molar-refractivity contribution in [1.29, 1.82) is 0 Å². The van der Waals surface area contributed by atoms with Gasteiger partial charge in [0.1, 0.15) is 12.3 Å². The number of carbonyl (C=O) groups excluding carboxylic acids is 1. The Labute approximate surface area is 214 Å². The highest BCUT2D eigenvalue weighted by Crippen LogP contribution is 2.27. The van der Waals surface area contributed by atoms with Crippen LogP contribution in [0.3, 0.4) is 0 Å². The minimum absolute atomic E-state index is 0.0383. The Morgan fingerprint density at radius 3 is 2.44 bits per heavy atom. The first kappa shape index (κ1) is 26.2. The minimum atomic E-state index is -4.03. The second kappa shape index (κ2) is 12.4. The number of amides is 1. The van der Waals surface area contributed by atoms with Gasteiger partial charge in [-0.15, -0.1) is 0 Å². The summed E-state index contributed by atoms with van der Waals surface area (Å²) < 4.78 is 32.9. The van der Waals surface area contributed by atoms with E-state index in [1.165, 1.54) is 25.3 Å². The summed E-state index contributed by atoms with van der Waals surface area (Å²) in [6.45, 7) is 0.00378. The maximum absolute atomic E-state index is 13.4. The predicted molar refractivity (Wildman–Crippen MR) is 140 cm³/mol. The van der Waals surface area contributed by atoms with E-state index in [0.717, 1.165) is 15.6 Å². The van der Waals surface area contributed by atoms with Crippen LogP contribution in [0.1, 0.15) is 5.56 Å². The van der Waals surface area contributed by atoms with E-state index in [9.17, 15) is 13.2 Å². The fourth-order valence-electron chi connectivity index (χ4n) is 3.07. The first-order valence-corrected chi connectivity index (χ1v) is 13.7. The molecule has 34 heavy (non-hydrogen) atoms. The predicted octanol–water partition coefficient (Wildman–Crippen LogP) is 5.25. The Hall–Kier alpha value is -2.39. The molecule has 0 heterocycles. The summed E-state index contributed by atoms with van der Waals surface area (Å²) >= 11 is 13.9. The average molecular weight is 540 g/mol. The van der Waals surface area contributed by atoms with Crippen LogP contribution < -0.4 is 14.4 Å². The zero-order chi connectivity index (χ0) is 24.6. The van der Waals surface area contributed by atoms with Gasteiger partial charge in [0.2, 0.25) is 5.91 Å². The molecule has 0 radical (unpaired) electrons. The van der Waals surface area contributed by atoms with Crippen LogP contribution in [0, 0.1) is 0 Å². The molecule has 0 aliphatic rings. The Bertz CT molecular complexity index is 1220. The lowest BCUT2D eigenvalue weighted by Gasteiger charge is -2.24. The van der Waals surface area contributed by atoms with Crippen molar-refractivity contribution in [3.63, 3.8) is 0 Å². The van der Waals surface area contributed by atoms with E-state index in [4.69, 9.17) is 27.9 Å². The van der Waals surface area contributed by atoms with Crippen LogP contribution in [-0.4, -0.2) is 40.3 Å². The molecular formula is C24H24Cl2N2O4S2. The highest BCUT2D eigenvalue weighted by molar-refractivity contribution is 7.98. The van der Waals surface area contributed by atoms with Gasteiger partial charge in [-0.1, -0.05) is 47.5 Å². The van der Waals surface area contributed by atoms with Gasteiger partial charge in [0.15, 0.2) is 0 Å². The first-order valence-electron chi connectivity index (χ1n) is 10.3. The lowest BCUT2D eigenvalue weighted by Crippen LogP contribution is -2.41. The van der Waals surface area contributed by atoms with Gasteiger partial charge in [-0.2, -0.15) is 11.8 Å². The number of hydrogen-bond acceptors (Lipinski definition) is 5. The van der Waals surface area contributed by atoms with Gasteiger partial charge in [0.05, 0.1) is 17.7 Å². The van der Waals surface area contributed by atoms with Crippen LogP contribution in [0.15, 0.2) is 77.7 Å². The van der Waals surface area contributed by atoms with E-state index in [1.807, 2.05) is 24.3 Å². The minimum Gasteiger partial charge on any atom is -0.497 e. The van der Waals surface area contributed by atoms with Gasteiger partial charge in [-0.25, -0.2) is 8.42 Å². The van der Waals surface area contributed by atoms with Crippen molar-refractivity contribution in [2.24, 2.45) is 0 Å². The van der Waals surface area contributed by atoms with Gasteiger partial charge in [-0.05, 0) is 54.1 Å². The zero-order valence-electron chi connectivity index (χ0n) is 18.4. The van der Waals surface area contributed by atoms with Crippen molar-refractivity contribution in [1.82, 2.24) is 5.32 Å². The Balaban J connectivity index is 1.66. The number of anilines is 1. The average Bonchev–Trinajstić information content (AvgIpc) is 2.83. The van der Waals surface area contributed by atoms with Crippen LogP contribution in [0.2, 0.25) is 10.0 Å². The molecule has 0 saturated carbocycles. The first-order chi connectivity index (χ1) is 16.3. The van der Waals surface area contributed by atoms with Crippen LogP contribution in [0.5, 0.6) is 5.75 Å². The molecule has 0 aromatic heterocycles. The molecule has 6 nitrogen and oxygen atoms in total. The Morgan fingerprint density at radius 2 is 1.76 bits per heavy atom. The third kappa shape index (κ3) is 7.06. The molecule has 0 spiro atoms. The molecule has 0 atom stereocenters. The number of methoxy groups -OCH3 is 1. The summed E-state index contributed by atoms with van der Waals surface area (Å²) in [5.41, 5.74) is 1.32. The smallest absolute Gasteiger partial charge is 0.264 e. The third-order valence-corrected chi connectivity index (χ3v) is 8.21. The zero-order valence-corrected chi connectivity index (χ0v) is 21.6. The molecule has 3 rings (SSSR count). The molecule has 1 N–H and O–H groups in total. The number of benzene rings is 3. The molecule has 1 amide bonds. The molecule has 0 aliphatic carbocycles. The maximum atomic E-state index is 13.4. The monoisotopic (exact) mass is 538 g/mol. The van der Waals surface area contributed by atoms with E-state index >= 15 is 0 Å². The van der Waals surface area contributed by atoms with Crippen molar-refractivity contribution in [3.05, 3.63) is 88.4 Å². The molecular weight excluding hydrogens is 515 g/mol. The molecule has 0 aliphatic heterocycles. The highest BCUT2D eigenvalue weighted by Gasteiger charge is 2.27. The van der Waals surface area contributed by atoms with E-state index < -0.39 is 15.9 Å². The van der Waals surface area contributed by atoms with Crippen LogP contribution in [0.4, 0.5) is 5.69 Å². The van der Waals surface area contributed by atoms with E-state index in [-0.39, 0.29) is 11.4 Å². The fourth-order valence-corrected chi connectivity index (χ4v) is 5.81. The van der Waals surface area contributed by atoms with Crippen molar-refractivity contribution >= 4 is 56.6 Å². The summed E-state index contributed by atoms with van der Waals surface area (Å²) in [5.74, 6) is 1.48. The molecule has 0 unspecified atom stereocenters.